The molecule has 0 aliphatic rings. The number of Topliss-reactive ketones (excluding diaryl/α,β-unsaturated/α-hetero) is 1. The van der Waals surface area contributed by atoms with Gasteiger partial charge in [-0.3, -0.25) is 18.6 Å². The highest BCUT2D eigenvalue weighted by atomic mass is 31.2. The van der Waals surface area contributed by atoms with E-state index in [9.17, 15) is 19.0 Å². The van der Waals surface area contributed by atoms with Crippen LogP contribution < -0.4 is 0 Å². The molecule has 0 saturated carbocycles. The second-order valence-electron chi connectivity index (χ2n) is 11.9. The van der Waals surface area contributed by atoms with E-state index in [4.69, 9.17) is 18.5 Å². The molecule has 1 N–H and O–H groups in total. The highest BCUT2D eigenvalue weighted by molar-refractivity contribution is 7.47. The number of phosphoric acid groups is 1. The van der Waals surface area contributed by atoms with Gasteiger partial charge in [-0.2, -0.15) is 0 Å². The molecule has 0 rings (SSSR count). The Morgan fingerprint density at radius 1 is 0.725 bits per heavy atom. The van der Waals surface area contributed by atoms with Crippen LogP contribution in [0.5, 0.6) is 0 Å². The van der Waals surface area contributed by atoms with Gasteiger partial charge in [0.05, 0.1) is 34.4 Å². The van der Waals surface area contributed by atoms with Crippen LogP contribution in [0.15, 0.2) is 0 Å². The molecule has 0 spiro atoms. The van der Waals surface area contributed by atoms with Crippen molar-refractivity contribution in [2.45, 2.75) is 136 Å². The van der Waals surface area contributed by atoms with E-state index in [-0.39, 0.29) is 31.8 Å². The first kappa shape index (κ1) is 39.2. The maximum atomic E-state index is 12.1. The van der Waals surface area contributed by atoms with E-state index in [0.29, 0.717) is 17.6 Å². The summed E-state index contributed by atoms with van der Waals surface area (Å²) in [5.41, 5.74) is 0. The third-order valence-electron chi connectivity index (χ3n) is 6.58. The average molecular weight is 595 g/mol. The number of quaternary nitrogens is 1. The quantitative estimate of drug-likeness (QED) is 0.0239. The molecule has 0 aliphatic heterocycles. The largest absolute Gasteiger partial charge is 0.472 e. The van der Waals surface area contributed by atoms with Crippen molar-refractivity contribution in [2.75, 3.05) is 47.5 Å². The minimum absolute atomic E-state index is 0.0613. The summed E-state index contributed by atoms with van der Waals surface area (Å²) in [6.45, 7) is 4.40. The number of rotatable bonds is 29. The van der Waals surface area contributed by atoms with Crippen LogP contribution in [0.4, 0.5) is 0 Å². The van der Waals surface area contributed by atoms with Crippen LogP contribution in [0.3, 0.4) is 0 Å². The van der Waals surface area contributed by atoms with E-state index < -0.39 is 20.1 Å². The first-order valence-corrected chi connectivity index (χ1v) is 17.2. The Kier molecular flexibility index (Phi) is 24.2. The van der Waals surface area contributed by atoms with E-state index in [0.717, 1.165) is 19.3 Å². The van der Waals surface area contributed by atoms with Gasteiger partial charge in [0, 0.05) is 6.42 Å². The lowest BCUT2D eigenvalue weighted by molar-refractivity contribution is -0.870. The van der Waals surface area contributed by atoms with Crippen LogP contribution in [0.1, 0.15) is 129 Å². The Hall–Kier alpha value is -0.830. The van der Waals surface area contributed by atoms with Gasteiger partial charge in [0.15, 0.2) is 0 Å². The van der Waals surface area contributed by atoms with Crippen LogP contribution in [-0.4, -0.2) is 74.9 Å². The Bertz CT molecular complexity index is 683. The number of ether oxygens (including phenoxy) is 2. The Labute approximate surface area is 244 Å². The molecule has 10 heteroatoms. The SMILES string of the molecule is CCCCCCCCCCCCCCCCCCO[C@H](CCOP(=O)(O)OCC[N+](C)(C)C)OC(=O)CC(C)=O. The van der Waals surface area contributed by atoms with Crippen LogP contribution >= 0.6 is 7.82 Å². The van der Waals surface area contributed by atoms with Crippen molar-refractivity contribution in [2.24, 2.45) is 0 Å². The number of carbonyl (C=O) groups excluding carboxylic acids is 2. The van der Waals surface area contributed by atoms with Gasteiger partial charge in [-0.15, -0.1) is 0 Å². The van der Waals surface area contributed by atoms with Gasteiger partial charge < -0.3 is 18.9 Å². The molecule has 0 aliphatic carbocycles. The summed E-state index contributed by atoms with van der Waals surface area (Å²) in [7, 11) is 1.63. The summed E-state index contributed by atoms with van der Waals surface area (Å²) < 4.78 is 33.6. The lowest BCUT2D eigenvalue weighted by atomic mass is 10.0. The predicted octanol–water partition coefficient (Wildman–Crippen LogP) is 7.34. The fourth-order valence-electron chi connectivity index (χ4n) is 4.16. The molecule has 1 unspecified atom stereocenters. The van der Waals surface area contributed by atoms with Gasteiger partial charge in [0.1, 0.15) is 25.4 Å². The zero-order chi connectivity index (χ0) is 30.1. The summed E-state index contributed by atoms with van der Waals surface area (Å²) in [5.74, 6) is -0.987. The molecular weight excluding hydrogens is 533 g/mol. The minimum Gasteiger partial charge on any atom is -0.435 e. The molecule has 0 bridgehead atoms. The number of unbranched alkanes of at least 4 members (excludes halogenated alkanes) is 15. The maximum absolute atomic E-state index is 12.1. The molecule has 0 fully saturated rings. The van der Waals surface area contributed by atoms with Crippen molar-refractivity contribution in [1.29, 1.82) is 0 Å². The van der Waals surface area contributed by atoms with E-state index in [1.807, 2.05) is 21.1 Å². The van der Waals surface area contributed by atoms with E-state index in [1.165, 1.54) is 90.4 Å². The summed E-state index contributed by atoms with van der Waals surface area (Å²) in [4.78, 5) is 33.0. The number of ketones is 1. The lowest BCUT2D eigenvalue weighted by Crippen LogP contribution is -2.37. The number of esters is 1. The highest BCUT2D eigenvalue weighted by Crippen LogP contribution is 2.43. The van der Waals surface area contributed by atoms with Crippen LogP contribution in [-0.2, 0) is 32.7 Å². The van der Waals surface area contributed by atoms with Crippen molar-refractivity contribution in [3.63, 3.8) is 0 Å². The maximum Gasteiger partial charge on any atom is 0.472 e. The van der Waals surface area contributed by atoms with Gasteiger partial charge in [0.2, 0.25) is 6.29 Å². The monoisotopic (exact) mass is 594 g/mol. The van der Waals surface area contributed by atoms with Crippen LogP contribution in [0.2, 0.25) is 0 Å². The molecule has 40 heavy (non-hydrogen) atoms. The van der Waals surface area contributed by atoms with Gasteiger partial charge in [-0.25, -0.2) is 4.57 Å². The lowest BCUT2D eigenvalue weighted by Gasteiger charge is -2.24. The number of phosphoric ester groups is 1. The van der Waals surface area contributed by atoms with Crippen molar-refractivity contribution < 1.29 is 42.1 Å². The molecule has 0 amide bonds. The average Bonchev–Trinajstić information content (AvgIpc) is 2.84. The smallest absolute Gasteiger partial charge is 0.435 e. The summed E-state index contributed by atoms with van der Waals surface area (Å²) >= 11 is 0. The van der Waals surface area contributed by atoms with Crippen molar-refractivity contribution in [3.05, 3.63) is 0 Å². The fraction of sp³-hybridized carbons (Fsp3) is 0.933. The second-order valence-corrected chi connectivity index (χ2v) is 13.4. The van der Waals surface area contributed by atoms with Crippen LogP contribution in [0.25, 0.3) is 0 Å². The highest BCUT2D eigenvalue weighted by Gasteiger charge is 2.24. The minimum atomic E-state index is -4.22. The third kappa shape index (κ3) is 28.7. The molecule has 0 heterocycles. The Balaban J connectivity index is 4.01. The Morgan fingerprint density at radius 3 is 1.62 bits per heavy atom. The van der Waals surface area contributed by atoms with Crippen molar-refractivity contribution in [3.8, 4) is 0 Å². The fourth-order valence-corrected chi connectivity index (χ4v) is 4.89. The number of nitrogens with zero attached hydrogens (tertiary/aromatic N) is 1. The summed E-state index contributed by atoms with van der Waals surface area (Å²) in [5, 5.41) is 0. The molecule has 2 atom stereocenters. The number of hydrogen-bond donors (Lipinski definition) is 1. The molecule has 9 nitrogen and oxygen atoms in total. The van der Waals surface area contributed by atoms with Gasteiger partial charge in [-0.1, -0.05) is 103 Å². The third-order valence-corrected chi connectivity index (χ3v) is 7.60. The van der Waals surface area contributed by atoms with Gasteiger partial charge >= 0.3 is 13.8 Å². The first-order chi connectivity index (χ1) is 18.9. The molecular formula is C30H61NO8P+. The topological polar surface area (TPSA) is 108 Å². The molecule has 0 aromatic carbocycles. The van der Waals surface area contributed by atoms with E-state index in [1.54, 1.807) is 0 Å². The van der Waals surface area contributed by atoms with Gasteiger partial charge in [-0.05, 0) is 13.3 Å². The van der Waals surface area contributed by atoms with Crippen LogP contribution in [0, 0.1) is 0 Å². The number of carbonyl (C=O) groups is 2. The zero-order valence-corrected chi connectivity index (χ0v) is 27.2. The van der Waals surface area contributed by atoms with E-state index >= 15 is 0 Å². The van der Waals surface area contributed by atoms with Crippen molar-refractivity contribution in [1.82, 2.24) is 0 Å². The summed E-state index contributed by atoms with van der Waals surface area (Å²) in [6.07, 6.45) is 19.2. The first-order valence-electron chi connectivity index (χ1n) is 15.7. The number of likely N-dealkylation sites (N-methyl/N-ethyl adjacent to an activating group) is 1. The molecule has 0 radical (unpaired) electrons. The van der Waals surface area contributed by atoms with Gasteiger partial charge in [0.25, 0.3) is 0 Å². The van der Waals surface area contributed by atoms with Crippen molar-refractivity contribution >= 4 is 19.6 Å². The number of hydrogen-bond acceptors (Lipinski definition) is 7. The molecule has 0 aromatic rings. The predicted molar refractivity (Wildman–Crippen MR) is 160 cm³/mol. The molecule has 0 aromatic heterocycles. The Morgan fingerprint density at radius 2 is 1.18 bits per heavy atom. The zero-order valence-electron chi connectivity index (χ0n) is 26.3. The second kappa shape index (κ2) is 24.7. The van der Waals surface area contributed by atoms with E-state index in [2.05, 4.69) is 6.92 Å². The standard InChI is InChI=1S/C30H60NO8P/c1-6-7-8-9-10-11-12-13-14-15-16-17-18-19-20-21-24-36-30(39-29(33)27-28(2)32)22-25-37-40(34,35)38-26-23-31(3,4)5/h30H,6-27H2,1-5H3/p+1/t30-/m0/s1. The molecule has 238 valence electrons. The summed E-state index contributed by atoms with van der Waals surface area (Å²) in [6, 6.07) is 0. The molecule has 0 saturated heterocycles. The normalized spacial score (nSPS) is 14.2.